The summed E-state index contributed by atoms with van der Waals surface area (Å²) in [6, 6.07) is 5.43. The van der Waals surface area contributed by atoms with E-state index in [0.29, 0.717) is 5.02 Å². The SMILES string of the molecule is CC(CO)CSc1cc(Cl)ccc1N. The zero-order valence-electron chi connectivity index (χ0n) is 8.03. The fourth-order valence-corrected chi connectivity index (χ4v) is 2.17. The summed E-state index contributed by atoms with van der Waals surface area (Å²) in [5.74, 6) is 1.12. The van der Waals surface area contributed by atoms with Gasteiger partial charge >= 0.3 is 0 Å². The number of nitrogen functional groups attached to an aromatic ring is 1. The van der Waals surface area contributed by atoms with Gasteiger partial charge in [0.15, 0.2) is 0 Å². The predicted octanol–water partition coefficient (Wildman–Crippen LogP) is 2.64. The molecule has 1 rings (SSSR count). The third-order valence-electron chi connectivity index (χ3n) is 1.81. The number of benzene rings is 1. The summed E-state index contributed by atoms with van der Waals surface area (Å²) >= 11 is 7.47. The molecule has 0 radical (unpaired) electrons. The van der Waals surface area contributed by atoms with Crippen LogP contribution in [-0.4, -0.2) is 17.5 Å². The van der Waals surface area contributed by atoms with Gasteiger partial charge in [0, 0.05) is 28.0 Å². The van der Waals surface area contributed by atoms with Crippen LogP contribution in [0.1, 0.15) is 6.92 Å². The van der Waals surface area contributed by atoms with Crippen LogP contribution in [0.25, 0.3) is 0 Å². The van der Waals surface area contributed by atoms with Gasteiger partial charge in [-0.25, -0.2) is 0 Å². The Morgan fingerprint density at radius 2 is 2.29 bits per heavy atom. The van der Waals surface area contributed by atoms with Crippen LogP contribution in [0.4, 0.5) is 5.69 Å². The van der Waals surface area contributed by atoms with E-state index >= 15 is 0 Å². The van der Waals surface area contributed by atoms with Crippen molar-refractivity contribution in [3.05, 3.63) is 23.2 Å². The maximum absolute atomic E-state index is 8.87. The van der Waals surface area contributed by atoms with Crippen LogP contribution in [0.5, 0.6) is 0 Å². The molecule has 0 amide bonds. The molecule has 0 aliphatic heterocycles. The highest BCUT2D eigenvalue weighted by Crippen LogP contribution is 2.29. The van der Waals surface area contributed by atoms with Gasteiger partial charge < -0.3 is 10.8 Å². The molecule has 1 aromatic carbocycles. The van der Waals surface area contributed by atoms with E-state index in [0.717, 1.165) is 16.3 Å². The van der Waals surface area contributed by atoms with Gasteiger partial charge in [-0.2, -0.15) is 0 Å². The van der Waals surface area contributed by atoms with E-state index in [9.17, 15) is 0 Å². The topological polar surface area (TPSA) is 46.2 Å². The number of hydrogen-bond acceptors (Lipinski definition) is 3. The summed E-state index contributed by atoms with van der Waals surface area (Å²) in [6.45, 7) is 2.20. The van der Waals surface area contributed by atoms with Gasteiger partial charge in [-0.1, -0.05) is 18.5 Å². The molecule has 0 spiro atoms. The molecule has 0 aliphatic rings. The molecule has 0 heterocycles. The second-order valence-corrected chi connectivity index (χ2v) is 4.78. The Morgan fingerprint density at radius 3 is 2.93 bits per heavy atom. The van der Waals surface area contributed by atoms with Crippen molar-refractivity contribution in [1.29, 1.82) is 0 Å². The molecule has 1 aromatic rings. The highest BCUT2D eigenvalue weighted by molar-refractivity contribution is 7.99. The van der Waals surface area contributed by atoms with Crippen LogP contribution in [0.2, 0.25) is 5.02 Å². The van der Waals surface area contributed by atoms with E-state index in [-0.39, 0.29) is 12.5 Å². The molecule has 14 heavy (non-hydrogen) atoms. The molecule has 0 saturated heterocycles. The highest BCUT2D eigenvalue weighted by Gasteiger charge is 2.04. The summed E-state index contributed by atoms with van der Waals surface area (Å²) in [6.07, 6.45) is 0. The monoisotopic (exact) mass is 231 g/mol. The van der Waals surface area contributed by atoms with Crippen molar-refractivity contribution >= 4 is 29.1 Å². The second kappa shape index (κ2) is 5.49. The first-order chi connectivity index (χ1) is 6.63. The quantitative estimate of drug-likeness (QED) is 0.619. The molecule has 0 bridgehead atoms. The van der Waals surface area contributed by atoms with Crippen molar-refractivity contribution < 1.29 is 5.11 Å². The fraction of sp³-hybridized carbons (Fsp3) is 0.400. The van der Waals surface area contributed by atoms with Crippen LogP contribution in [0, 0.1) is 5.92 Å². The lowest BCUT2D eigenvalue weighted by Crippen LogP contribution is -2.03. The average Bonchev–Trinajstić information content (AvgIpc) is 2.19. The lowest BCUT2D eigenvalue weighted by Gasteiger charge is -2.09. The molecular formula is C10H14ClNOS. The Labute approximate surface area is 93.5 Å². The standard InChI is InChI=1S/C10H14ClNOS/c1-7(5-13)6-14-10-4-8(11)2-3-9(10)12/h2-4,7,13H,5-6,12H2,1H3. The van der Waals surface area contributed by atoms with Gasteiger partial charge in [-0.3, -0.25) is 0 Å². The molecule has 0 aromatic heterocycles. The molecule has 78 valence electrons. The second-order valence-electron chi connectivity index (χ2n) is 3.28. The Hall–Kier alpha value is -0.380. The zero-order valence-corrected chi connectivity index (χ0v) is 9.61. The van der Waals surface area contributed by atoms with E-state index < -0.39 is 0 Å². The van der Waals surface area contributed by atoms with E-state index in [4.69, 9.17) is 22.4 Å². The van der Waals surface area contributed by atoms with Gasteiger partial charge in [0.25, 0.3) is 0 Å². The number of hydrogen-bond donors (Lipinski definition) is 2. The van der Waals surface area contributed by atoms with Crippen LogP contribution < -0.4 is 5.73 Å². The minimum atomic E-state index is 0.202. The molecule has 0 saturated carbocycles. The maximum Gasteiger partial charge on any atom is 0.0464 e. The molecule has 1 atom stereocenters. The van der Waals surface area contributed by atoms with E-state index in [2.05, 4.69) is 0 Å². The molecule has 0 aliphatic carbocycles. The largest absolute Gasteiger partial charge is 0.398 e. The number of thioether (sulfide) groups is 1. The molecule has 3 N–H and O–H groups in total. The number of aliphatic hydroxyl groups excluding tert-OH is 1. The first kappa shape index (κ1) is 11.7. The van der Waals surface area contributed by atoms with Gasteiger partial charge in [-0.05, 0) is 24.1 Å². The van der Waals surface area contributed by atoms with Crippen molar-refractivity contribution in [3.63, 3.8) is 0 Å². The normalized spacial score (nSPS) is 12.8. The lowest BCUT2D eigenvalue weighted by atomic mass is 10.2. The highest BCUT2D eigenvalue weighted by atomic mass is 35.5. The minimum Gasteiger partial charge on any atom is -0.398 e. The van der Waals surface area contributed by atoms with E-state index in [1.807, 2.05) is 13.0 Å². The van der Waals surface area contributed by atoms with Crippen LogP contribution in [0.3, 0.4) is 0 Å². The van der Waals surface area contributed by atoms with Gasteiger partial charge in [0.05, 0.1) is 0 Å². The zero-order chi connectivity index (χ0) is 10.6. The Balaban J connectivity index is 2.62. The van der Waals surface area contributed by atoms with Crippen LogP contribution in [0.15, 0.2) is 23.1 Å². The summed E-state index contributed by atoms with van der Waals surface area (Å²) in [4.78, 5) is 0.984. The van der Waals surface area contributed by atoms with Crippen molar-refractivity contribution in [2.75, 3.05) is 18.1 Å². The first-order valence-corrected chi connectivity index (χ1v) is 5.78. The summed E-state index contributed by atoms with van der Waals surface area (Å²) in [7, 11) is 0. The maximum atomic E-state index is 8.87. The minimum absolute atomic E-state index is 0.202. The van der Waals surface area contributed by atoms with Crippen LogP contribution in [-0.2, 0) is 0 Å². The predicted molar refractivity (Wildman–Crippen MR) is 62.8 cm³/mol. The van der Waals surface area contributed by atoms with Crippen LogP contribution >= 0.6 is 23.4 Å². The Morgan fingerprint density at radius 1 is 1.57 bits per heavy atom. The summed E-state index contributed by atoms with van der Waals surface area (Å²) in [5.41, 5.74) is 6.52. The molecule has 0 fully saturated rings. The van der Waals surface area contributed by atoms with Crippen molar-refractivity contribution in [2.24, 2.45) is 5.92 Å². The number of nitrogens with two attached hydrogens (primary N) is 1. The summed E-state index contributed by atoms with van der Waals surface area (Å²) in [5, 5.41) is 9.56. The Kier molecular flexibility index (Phi) is 4.58. The number of halogens is 1. The molecule has 1 unspecified atom stereocenters. The molecular weight excluding hydrogens is 218 g/mol. The van der Waals surface area contributed by atoms with Gasteiger partial charge in [0.2, 0.25) is 0 Å². The summed E-state index contributed by atoms with van der Waals surface area (Å²) < 4.78 is 0. The molecule has 4 heteroatoms. The molecule has 2 nitrogen and oxygen atoms in total. The Bertz CT molecular complexity index is 306. The third-order valence-corrected chi connectivity index (χ3v) is 3.45. The third kappa shape index (κ3) is 3.40. The van der Waals surface area contributed by atoms with Gasteiger partial charge in [-0.15, -0.1) is 11.8 Å². The van der Waals surface area contributed by atoms with Crippen molar-refractivity contribution in [1.82, 2.24) is 0 Å². The van der Waals surface area contributed by atoms with E-state index in [1.54, 1.807) is 23.9 Å². The smallest absolute Gasteiger partial charge is 0.0464 e. The first-order valence-electron chi connectivity index (χ1n) is 4.42. The van der Waals surface area contributed by atoms with Crippen molar-refractivity contribution in [2.45, 2.75) is 11.8 Å². The average molecular weight is 232 g/mol. The number of anilines is 1. The number of aliphatic hydroxyl groups is 1. The lowest BCUT2D eigenvalue weighted by molar-refractivity contribution is 0.250. The van der Waals surface area contributed by atoms with Gasteiger partial charge in [0.1, 0.15) is 0 Å². The van der Waals surface area contributed by atoms with E-state index in [1.165, 1.54) is 0 Å². The number of rotatable bonds is 4. The van der Waals surface area contributed by atoms with Crippen molar-refractivity contribution in [3.8, 4) is 0 Å². The fourth-order valence-electron chi connectivity index (χ4n) is 0.918.